The summed E-state index contributed by atoms with van der Waals surface area (Å²) in [6.45, 7) is 6.27. The van der Waals surface area contributed by atoms with Gasteiger partial charge in [0, 0.05) is 63.0 Å². The van der Waals surface area contributed by atoms with Crippen LogP contribution in [0.2, 0.25) is 0 Å². The lowest BCUT2D eigenvalue weighted by Crippen LogP contribution is -2.47. The molecule has 0 unspecified atom stereocenters. The van der Waals surface area contributed by atoms with Gasteiger partial charge in [-0.1, -0.05) is 85.6 Å². The molecule has 2 N–H and O–H groups in total. The third-order valence-electron chi connectivity index (χ3n) is 9.64. The third-order valence-corrected chi connectivity index (χ3v) is 9.88. The molecule has 1 saturated heterocycles. The first kappa shape index (κ1) is 28.6. The predicted octanol–water partition coefficient (Wildman–Crippen LogP) is 6.16. The predicted molar refractivity (Wildman–Crippen MR) is 185 cm³/mol. The molecule has 7 nitrogen and oxygen atoms in total. The van der Waals surface area contributed by atoms with E-state index in [-0.39, 0.29) is 5.41 Å². The molecule has 3 aliphatic rings. The fourth-order valence-electron chi connectivity index (χ4n) is 7.13. The molecule has 0 amide bonds. The van der Waals surface area contributed by atoms with Gasteiger partial charge in [-0.25, -0.2) is 0 Å². The first-order valence-corrected chi connectivity index (χ1v) is 16.4. The van der Waals surface area contributed by atoms with Crippen molar-refractivity contribution in [2.45, 2.75) is 44.1 Å². The highest BCUT2D eigenvalue weighted by atomic mass is 32.1. The number of aromatic nitrogens is 2. The Morgan fingerprint density at radius 2 is 1.32 bits per heavy atom. The van der Waals surface area contributed by atoms with Crippen molar-refractivity contribution >= 4 is 40.6 Å². The number of nitrogens with one attached hydrogen (secondary N) is 2. The van der Waals surface area contributed by atoms with Gasteiger partial charge in [0.05, 0.1) is 0 Å². The van der Waals surface area contributed by atoms with E-state index in [0.29, 0.717) is 11.1 Å². The maximum Gasteiger partial charge on any atom is 0.232 e. The summed E-state index contributed by atoms with van der Waals surface area (Å²) >= 11 is 5.86. The lowest BCUT2D eigenvalue weighted by atomic mass is 9.79. The largest absolute Gasteiger partial charge is 0.368 e. The molecule has 1 saturated carbocycles. The van der Waals surface area contributed by atoms with E-state index < -0.39 is 0 Å². The molecular weight excluding hydrogens is 563 g/mol. The summed E-state index contributed by atoms with van der Waals surface area (Å²) in [5.74, 6) is 2.44. The summed E-state index contributed by atoms with van der Waals surface area (Å²) in [5.41, 5.74) is 5.58. The molecule has 44 heavy (non-hydrogen) atoms. The topological polar surface area (TPSA) is 59.6 Å². The Morgan fingerprint density at radius 1 is 0.705 bits per heavy atom. The van der Waals surface area contributed by atoms with Crippen molar-refractivity contribution in [3.8, 4) is 0 Å². The minimum Gasteiger partial charge on any atom is -0.368 e. The average molecular weight is 604 g/mol. The summed E-state index contributed by atoms with van der Waals surface area (Å²) in [6, 6.07) is 32.5. The van der Waals surface area contributed by atoms with Gasteiger partial charge in [-0.3, -0.25) is 0 Å². The highest BCUT2D eigenvalue weighted by Crippen LogP contribution is 2.40. The Labute approximate surface area is 266 Å². The van der Waals surface area contributed by atoms with Crippen molar-refractivity contribution in [1.29, 1.82) is 0 Å². The molecule has 3 heterocycles. The van der Waals surface area contributed by atoms with E-state index in [1.165, 1.54) is 48.1 Å². The Kier molecular flexibility index (Phi) is 8.33. The van der Waals surface area contributed by atoms with E-state index in [1.54, 1.807) is 0 Å². The van der Waals surface area contributed by atoms with E-state index in [2.05, 4.69) is 116 Å². The van der Waals surface area contributed by atoms with Crippen molar-refractivity contribution < 1.29 is 0 Å². The van der Waals surface area contributed by atoms with E-state index in [9.17, 15) is 0 Å². The zero-order valence-electron chi connectivity index (χ0n) is 25.3. The van der Waals surface area contributed by atoms with Gasteiger partial charge in [0.25, 0.3) is 0 Å². The van der Waals surface area contributed by atoms with Gasteiger partial charge in [0.2, 0.25) is 5.95 Å². The van der Waals surface area contributed by atoms with Crippen LogP contribution in [0, 0.1) is 0 Å². The van der Waals surface area contributed by atoms with Crippen LogP contribution in [0.1, 0.15) is 42.4 Å². The average Bonchev–Trinajstić information content (AvgIpc) is 3.58. The Bertz CT molecular complexity index is 1560. The molecular formula is C36H41N7S. The number of benzene rings is 3. The number of piperazine rings is 1. The molecule has 0 radical (unpaired) electrons. The van der Waals surface area contributed by atoms with Crippen LogP contribution in [-0.4, -0.2) is 54.3 Å². The van der Waals surface area contributed by atoms with E-state index in [4.69, 9.17) is 22.2 Å². The third kappa shape index (κ3) is 6.22. The summed E-state index contributed by atoms with van der Waals surface area (Å²) in [4.78, 5) is 17.2. The Morgan fingerprint density at radius 3 is 2.05 bits per heavy atom. The molecule has 8 heteroatoms. The second-order valence-electron chi connectivity index (χ2n) is 12.3. The van der Waals surface area contributed by atoms with Gasteiger partial charge in [0.1, 0.15) is 11.6 Å². The summed E-state index contributed by atoms with van der Waals surface area (Å²) in [7, 11) is 0. The number of hydrogen-bond acceptors (Lipinski definition) is 6. The number of fused-ring (bicyclic) bond motifs is 1. The Hall–Kier alpha value is -4.17. The van der Waals surface area contributed by atoms with Gasteiger partial charge >= 0.3 is 0 Å². The van der Waals surface area contributed by atoms with E-state index in [1.807, 2.05) is 0 Å². The van der Waals surface area contributed by atoms with Gasteiger partial charge in [-0.05, 0) is 60.3 Å². The molecule has 1 aliphatic carbocycles. The number of hydrogen-bond donors (Lipinski definition) is 2. The van der Waals surface area contributed by atoms with E-state index in [0.717, 1.165) is 63.9 Å². The first-order valence-electron chi connectivity index (χ1n) is 16.0. The fourth-order valence-corrected chi connectivity index (χ4v) is 7.30. The normalized spacial score (nSPS) is 17.7. The fraction of sp³-hybridized carbons (Fsp3) is 0.361. The van der Waals surface area contributed by atoms with Crippen LogP contribution >= 0.6 is 12.2 Å². The zero-order chi connectivity index (χ0) is 29.8. The van der Waals surface area contributed by atoms with Crippen molar-refractivity contribution in [3.05, 3.63) is 108 Å². The molecule has 3 aromatic carbocycles. The van der Waals surface area contributed by atoms with E-state index >= 15 is 0 Å². The number of para-hydroxylation sites is 1. The van der Waals surface area contributed by atoms with Crippen molar-refractivity contribution in [3.63, 3.8) is 0 Å². The second kappa shape index (κ2) is 12.8. The molecule has 226 valence electrons. The zero-order valence-corrected chi connectivity index (χ0v) is 26.1. The van der Waals surface area contributed by atoms with Gasteiger partial charge < -0.3 is 25.3 Å². The maximum absolute atomic E-state index is 5.86. The van der Waals surface area contributed by atoms with Crippen molar-refractivity contribution in [1.82, 2.24) is 15.3 Å². The van der Waals surface area contributed by atoms with Crippen LogP contribution in [0.15, 0.2) is 91.0 Å². The quantitative estimate of drug-likeness (QED) is 0.244. The number of nitrogens with zero attached hydrogens (tertiary/aromatic N) is 5. The molecule has 0 atom stereocenters. The first-order chi connectivity index (χ1) is 21.6. The summed E-state index contributed by atoms with van der Waals surface area (Å²) in [6.07, 6.45) is 5.86. The van der Waals surface area contributed by atoms with Crippen molar-refractivity contribution in [2.24, 2.45) is 0 Å². The highest BCUT2D eigenvalue weighted by molar-refractivity contribution is 7.80. The lowest BCUT2D eigenvalue weighted by molar-refractivity contribution is 0.435. The second-order valence-corrected chi connectivity index (χ2v) is 12.7. The minimum atomic E-state index is 0.112. The molecule has 2 fully saturated rings. The highest BCUT2D eigenvalue weighted by Gasteiger charge is 2.35. The van der Waals surface area contributed by atoms with Crippen LogP contribution in [0.5, 0.6) is 0 Å². The van der Waals surface area contributed by atoms with Crippen LogP contribution in [0.4, 0.5) is 23.3 Å². The SMILES string of the molecule is S=C(NCC1(c2ccccc2)CCCC1)Nc1nc(N2CCN(c3ccccc3)CC2)cc(N2CCc3ccccc3C2)n1. The molecule has 7 rings (SSSR count). The summed E-state index contributed by atoms with van der Waals surface area (Å²) in [5, 5.41) is 7.51. The smallest absolute Gasteiger partial charge is 0.232 e. The van der Waals surface area contributed by atoms with Gasteiger partial charge in [0.15, 0.2) is 5.11 Å². The molecule has 1 aromatic heterocycles. The number of rotatable bonds is 7. The summed E-state index contributed by atoms with van der Waals surface area (Å²) < 4.78 is 0. The standard InChI is InChI=1S/C36H41N7S/c44-35(37-27-36(18-9-10-19-36)30-13-3-1-4-14-30)40-34-38-32(42-23-21-41(22-24-42)31-15-5-2-6-16-31)25-33(39-34)43-20-17-28-11-7-8-12-29(28)26-43/h1-8,11-16,25H,9-10,17-24,26-27H2,(H2,37,38,39,40,44). The minimum absolute atomic E-state index is 0.112. The van der Waals surface area contributed by atoms with Gasteiger partial charge in [-0.2, -0.15) is 9.97 Å². The van der Waals surface area contributed by atoms with Crippen LogP contribution in [0.25, 0.3) is 0 Å². The monoisotopic (exact) mass is 603 g/mol. The number of thiocarbonyl (C=S) groups is 1. The molecule has 0 bridgehead atoms. The molecule has 0 spiro atoms. The van der Waals surface area contributed by atoms with Gasteiger partial charge in [-0.15, -0.1) is 0 Å². The van der Waals surface area contributed by atoms with Crippen LogP contribution in [0.3, 0.4) is 0 Å². The molecule has 4 aromatic rings. The van der Waals surface area contributed by atoms with Crippen LogP contribution < -0.4 is 25.3 Å². The molecule has 2 aliphatic heterocycles. The van der Waals surface area contributed by atoms with Crippen molar-refractivity contribution in [2.75, 3.05) is 59.3 Å². The maximum atomic E-state index is 5.86. The Balaban J connectivity index is 1.10. The van der Waals surface area contributed by atoms with Crippen LogP contribution in [-0.2, 0) is 18.4 Å². The number of anilines is 4. The lowest BCUT2D eigenvalue weighted by Gasteiger charge is -2.37.